The Bertz CT molecular complexity index is 834. The molecule has 1 aromatic carbocycles. The fourth-order valence-corrected chi connectivity index (χ4v) is 3.95. The average molecular weight is 369 g/mol. The van der Waals surface area contributed by atoms with Crippen molar-refractivity contribution in [3.05, 3.63) is 52.2 Å². The quantitative estimate of drug-likeness (QED) is 0.810. The molecule has 3 heterocycles. The van der Waals surface area contributed by atoms with Crippen molar-refractivity contribution < 1.29 is 4.79 Å². The van der Waals surface area contributed by atoms with Crippen LogP contribution in [0, 0.1) is 0 Å². The van der Waals surface area contributed by atoms with Crippen LogP contribution in [-0.4, -0.2) is 56.2 Å². The van der Waals surface area contributed by atoms with Gasteiger partial charge >= 0.3 is 5.69 Å². The molecule has 1 aromatic heterocycles. The third-order valence-corrected chi connectivity index (χ3v) is 5.54. The molecule has 0 unspecified atom stereocenters. The van der Waals surface area contributed by atoms with E-state index >= 15 is 0 Å². The van der Waals surface area contributed by atoms with Gasteiger partial charge in [-0.1, -0.05) is 36.8 Å². The zero-order chi connectivity index (χ0) is 18.6. The van der Waals surface area contributed by atoms with E-state index in [0.29, 0.717) is 13.1 Å². The van der Waals surface area contributed by atoms with Gasteiger partial charge in [0, 0.05) is 45.7 Å². The highest BCUT2D eigenvalue weighted by Crippen LogP contribution is 2.11. The van der Waals surface area contributed by atoms with Crippen LogP contribution in [0.4, 0.5) is 0 Å². The van der Waals surface area contributed by atoms with Crippen molar-refractivity contribution in [2.45, 2.75) is 45.3 Å². The average Bonchev–Trinajstić information content (AvgIpc) is 2.86. The monoisotopic (exact) mass is 369 g/mol. The van der Waals surface area contributed by atoms with E-state index in [1.54, 1.807) is 4.57 Å². The van der Waals surface area contributed by atoms with E-state index in [1.165, 1.54) is 10.2 Å². The van der Waals surface area contributed by atoms with Gasteiger partial charge in [0.15, 0.2) is 0 Å². The van der Waals surface area contributed by atoms with Gasteiger partial charge in [-0.2, -0.15) is 5.10 Å². The van der Waals surface area contributed by atoms with Gasteiger partial charge in [-0.15, -0.1) is 0 Å². The summed E-state index contributed by atoms with van der Waals surface area (Å²) in [6, 6.07) is 10.4. The van der Waals surface area contributed by atoms with Gasteiger partial charge in [0.25, 0.3) is 0 Å². The molecule has 144 valence electrons. The summed E-state index contributed by atoms with van der Waals surface area (Å²) in [5, 5.41) is 4.43. The molecule has 0 saturated carbocycles. The molecule has 0 bridgehead atoms. The summed E-state index contributed by atoms with van der Waals surface area (Å²) in [7, 11) is 0. The molecule has 2 aromatic rings. The van der Waals surface area contributed by atoms with Gasteiger partial charge in [0.2, 0.25) is 5.91 Å². The number of piperazine rings is 1. The largest absolute Gasteiger partial charge is 0.346 e. The molecule has 2 aliphatic heterocycles. The van der Waals surface area contributed by atoms with E-state index in [0.717, 1.165) is 57.7 Å². The van der Waals surface area contributed by atoms with Gasteiger partial charge in [0.05, 0.1) is 0 Å². The Balaban J connectivity index is 1.33. The Labute approximate surface area is 159 Å². The first-order chi connectivity index (χ1) is 13.2. The van der Waals surface area contributed by atoms with Crippen LogP contribution in [0.2, 0.25) is 0 Å². The lowest BCUT2D eigenvalue weighted by Crippen LogP contribution is -2.49. The van der Waals surface area contributed by atoms with Crippen LogP contribution in [0.3, 0.4) is 0 Å². The number of fused-ring (bicyclic) bond motifs is 1. The molecule has 0 radical (unpaired) electrons. The minimum Gasteiger partial charge on any atom is -0.339 e. The molecule has 1 saturated heterocycles. The number of amides is 1. The summed E-state index contributed by atoms with van der Waals surface area (Å²) < 4.78 is 3.11. The van der Waals surface area contributed by atoms with Crippen molar-refractivity contribution in [2.24, 2.45) is 0 Å². The van der Waals surface area contributed by atoms with E-state index in [-0.39, 0.29) is 18.1 Å². The Morgan fingerprint density at radius 2 is 1.74 bits per heavy atom. The van der Waals surface area contributed by atoms with Crippen LogP contribution in [0.5, 0.6) is 0 Å². The first kappa shape index (κ1) is 18.0. The van der Waals surface area contributed by atoms with Gasteiger partial charge in [0.1, 0.15) is 12.4 Å². The summed E-state index contributed by atoms with van der Waals surface area (Å²) in [6.45, 7) is 4.81. The first-order valence-corrected chi connectivity index (χ1v) is 9.91. The lowest BCUT2D eigenvalue weighted by Gasteiger charge is -2.34. The second-order valence-corrected chi connectivity index (χ2v) is 7.46. The normalized spacial score (nSPS) is 18.1. The van der Waals surface area contributed by atoms with Crippen molar-refractivity contribution in [3.63, 3.8) is 0 Å². The standard InChI is InChI=1S/C20H27N5O2/c26-19(16-25-20(27)24-10-6-2-5-9-18(24)21-25)23-13-11-22(12-14-23)15-17-7-3-1-4-8-17/h1,3-4,7-8H,2,5-6,9-16H2. The highest BCUT2D eigenvalue weighted by molar-refractivity contribution is 5.76. The maximum Gasteiger partial charge on any atom is 0.346 e. The van der Waals surface area contributed by atoms with E-state index < -0.39 is 0 Å². The Morgan fingerprint density at radius 1 is 0.963 bits per heavy atom. The van der Waals surface area contributed by atoms with E-state index in [4.69, 9.17) is 0 Å². The lowest BCUT2D eigenvalue weighted by molar-refractivity contribution is -0.133. The molecule has 27 heavy (non-hydrogen) atoms. The predicted octanol–water partition coefficient (Wildman–Crippen LogP) is 1.12. The third-order valence-electron chi connectivity index (χ3n) is 5.54. The number of carbonyl (C=O) groups is 1. The number of hydrogen-bond acceptors (Lipinski definition) is 4. The predicted molar refractivity (Wildman–Crippen MR) is 102 cm³/mol. The molecule has 7 nitrogen and oxygen atoms in total. The SMILES string of the molecule is O=C(Cn1nc2n(c1=O)CCCCC2)N1CCN(Cc2ccccc2)CC1. The van der Waals surface area contributed by atoms with Crippen molar-refractivity contribution in [3.8, 4) is 0 Å². The maximum atomic E-state index is 12.7. The number of benzene rings is 1. The van der Waals surface area contributed by atoms with Crippen molar-refractivity contribution >= 4 is 5.91 Å². The van der Waals surface area contributed by atoms with Crippen molar-refractivity contribution in [1.82, 2.24) is 24.1 Å². The van der Waals surface area contributed by atoms with E-state index in [9.17, 15) is 9.59 Å². The molecule has 2 aliphatic rings. The molecule has 0 aliphatic carbocycles. The minimum atomic E-state index is -0.136. The van der Waals surface area contributed by atoms with Crippen molar-refractivity contribution in [2.75, 3.05) is 26.2 Å². The van der Waals surface area contributed by atoms with Gasteiger partial charge in [-0.25, -0.2) is 9.48 Å². The molecule has 0 spiro atoms. The van der Waals surface area contributed by atoms with Gasteiger partial charge < -0.3 is 4.90 Å². The summed E-state index contributed by atoms with van der Waals surface area (Å²) in [5.74, 6) is 0.822. The topological polar surface area (TPSA) is 63.4 Å². The summed E-state index contributed by atoms with van der Waals surface area (Å²) in [6.07, 6.45) is 4.03. The number of rotatable bonds is 4. The number of nitrogens with zero attached hydrogens (tertiary/aromatic N) is 5. The first-order valence-electron chi connectivity index (χ1n) is 9.91. The minimum absolute atomic E-state index is 0.00952. The van der Waals surface area contributed by atoms with E-state index in [1.807, 2.05) is 11.0 Å². The van der Waals surface area contributed by atoms with Gasteiger partial charge in [-0.3, -0.25) is 14.3 Å². The zero-order valence-corrected chi connectivity index (χ0v) is 15.7. The fourth-order valence-electron chi connectivity index (χ4n) is 3.95. The van der Waals surface area contributed by atoms with Crippen LogP contribution in [0.15, 0.2) is 35.1 Å². The maximum absolute atomic E-state index is 12.7. The Kier molecular flexibility index (Phi) is 5.38. The van der Waals surface area contributed by atoms with Crippen LogP contribution < -0.4 is 5.69 Å². The highest BCUT2D eigenvalue weighted by atomic mass is 16.2. The summed E-state index contributed by atoms with van der Waals surface area (Å²) in [4.78, 5) is 29.4. The molecular formula is C20H27N5O2. The van der Waals surface area contributed by atoms with Crippen LogP contribution >= 0.6 is 0 Å². The number of hydrogen-bond donors (Lipinski definition) is 0. The molecule has 4 rings (SSSR count). The molecule has 0 atom stereocenters. The molecule has 1 fully saturated rings. The zero-order valence-electron chi connectivity index (χ0n) is 15.7. The third kappa shape index (κ3) is 4.13. The van der Waals surface area contributed by atoms with Crippen molar-refractivity contribution in [1.29, 1.82) is 0 Å². The number of aromatic nitrogens is 3. The number of aryl methyl sites for hydroxylation is 1. The summed E-state index contributed by atoms with van der Waals surface area (Å²) in [5.41, 5.74) is 1.16. The molecule has 7 heteroatoms. The van der Waals surface area contributed by atoms with Crippen LogP contribution in [0.25, 0.3) is 0 Å². The molecular weight excluding hydrogens is 342 g/mol. The fraction of sp³-hybridized carbons (Fsp3) is 0.550. The van der Waals surface area contributed by atoms with Gasteiger partial charge in [-0.05, 0) is 18.4 Å². The van der Waals surface area contributed by atoms with Crippen LogP contribution in [0.1, 0.15) is 30.7 Å². The lowest BCUT2D eigenvalue weighted by atomic mass is 10.2. The van der Waals surface area contributed by atoms with Crippen LogP contribution in [-0.2, 0) is 30.8 Å². The summed E-state index contributed by atoms with van der Waals surface area (Å²) >= 11 is 0. The second-order valence-electron chi connectivity index (χ2n) is 7.46. The highest BCUT2D eigenvalue weighted by Gasteiger charge is 2.23. The van der Waals surface area contributed by atoms with E-state index in [2.05, 4.69) is 34.3 Å². The molecule has 1 amide bonds. The Hall–Kier alpha value is -2.41. The smallest absolute Gasteiger partial charge is 0.339 e. The molecule has 0 N–H and O–H groups in total. The Morgan fingerprint density at radius 3 is 2.52 bits per heavy atom. The second kappa shape index (κ2) is 8.08. The number of carbonyl (C=O) groups excluding carboxylic acids is 1.